The van der Waals surface area contributed by atoms with Crippen LogP contribution in [-0.2, 0) is 26.3 Å². The smallest absolute Gasteiger partial charge is 0.324 e. The second kappa shape index (κ2) is 7.19. The molecule has 160 valence electrons. The number of imide groups is 1. The summed E-state index contributed by atoms with van der Waals surface area (Å²) in [4.78, 5) is 55.4. The zero-order valence-corrected chi connectivity index (χ0v) is 17.8. The van der Waals surface area contributed by atoms with Crippen molar-refractivity contribution in [3.63, 3.8) is 0 Å². The average Bonchev–Trinajstić information content (AvgIpc) is 3.26. The van der Waals surface area contributed by atoms with Crippen molar-refractivity contribution in [3.05, 3.63) is 46.2 Å². The maximum Gasteiger partial charge on any atom is 0.325 e. The van der Waals surface area contributed by atoms with Crippen LogP contribution in [0.2, 0.25) is 0 Å². The van der Waals surface area contributed by atoms with Gasteiger partial charge in [0.15, 0.2) is 0 Å². The molecule has 0 radical (unpaired) electrons. The number of carbonyl (C=O) groups excluding carboxylic acids is 4. The molecule has 1 fully saturated rings. The molecular formula is C22H22N4O4S. The highest BCUT2D eigenvalue weighted by Crippen LogP contribution is 2.42. The number of amides is 5. The van der Waals surface area contributed by atoms with Gasteiger partial charge >= 0.3 is 6.03 Å². The van der Waals surface area contributed by atoms with Gasteiger partial charge in [-0.05, 0) is 49.8 Å². The number of rotatable bonds is 2. The van der Waals surface area contributed by atoms with E-state index < -0.39 is 23.5 Å². The van der Waals surface area contributed by atoms with E-state index >= 15 is 0 Å². The molecule has 3 aliphatic rings. The van der Waals surface area contributed by atoms with E-state index in [1.807, 2.05) is 11.4 Å². The Balaban J connectivity index is 1.44. The van der Waals surface area contributed by atoms with Crippen LogP contribution in [0, 0.1) is 0 Å². The van der Waals surface area contributed by atoms with Gasteiger partial charge in [0.05, 0.1) is 11.4 Å². The van der Waals surface area contributed by atoms with Crippen molar-refractivity contribution in [2.45, 2.75) is 44.2 Å². The Morgan fingerprint density at radius 3 is 2.87 bits per heavy atom. The van der Waals surface area contributed by atoms with Crippen LogP contribution in [0.3, 0.4) is 0 Å². The number of nitrogens with zero attached hydrogens (tertiary/aromatic N) is 2. The minimum Gasteiger partial charge on any atom is -0.324 e. The summed E-state index contributed by atoms with van der Waals surface area (Å²) in [7, 11) is 0. The Bertz CT molecular complexity index is 1110. The lowest BCUT2D eigenvalue weighted by molar-refractivity contribution is -0.135. The first-order chi connectivity index (χ1) is 14.9. The Hall–Kier alpha value is -3.20. The summed E-state index contributed by atoms with van der Waals surface area (Å²) in [5.41, 5.74) is 0.866. The first-order valence-corrected chi connectivity index (χ1v) is 11.2. The number of carbonyl (C=O) groups is 4. The molecular weight excluding hydrogens is 416 g/mol. The summed E-state index contributed by atoms with van der Waals surface area (Å²) < 4.78 is 0. The van der Waals surface area contributed by atoms with Crippen molar-refractivity contribution in [1.29, 1.82) is 0 Å². The van der Waals surface area contributed by atoms with Crippen LogP contribution in [0.25, 0.3) is 0 Å². The molecule has 1 spiro atoms. The van der Waals surface area contributed by atoms with Gasteiger partial charge in [0.25, 0.3) is 5.91 Å². The van der Waals surface area contributed by atoms with Crippen molar-refractivity contribution in [2.75, 3.05) is 16.8 Å². The largest absolute Gasteiger partial charge is 0.325 e. The first kappa shape index (κ1) is 19.7. The third-order valence-corrected chi connectivity index (χ3v) is 7.24. The lowest BCUT2D eigenvalue weighted by Gasteiger charge is -2.32. The summed E-state index contributed by atoms with van der Waals surface area (Å²) in [5, 5.41) is 7.62. The fraction of sp³-hybridized carbons (Fsp3) is 0.364. The quantitative estimate of drug-likeness (QED) is 0.704. The van der Waals surface area contributed by atoms with Gasteiger partial charge in [0.2, 0.25) is 11.8 Å². The molecule has 2 atom stereocenters. The summed E-state index contributed by atoms with van der Waals surface area (Å²) in [5.74, 6) is -0.968. The number of hydrogen-bond donors (Lipinski definition) is 2. The molecule has 5 amide bonds. The fourth-order valence-corrected chi connectivity index (χ4v) is 5.86. The second-order valence-corrected chi connectivity index (χ2v) is 9.22. The minimum atomic E-state index is -1.08. The Morgan fingerprint density at radius 2 is 2.03 bits per heavy atom. The van der Waals surface area contributed by atoms with Crippen LogP contribution in [0.4, 0.5) is 16.2 Å². The molecule has 2 aliphatic heterocycles. The normalized spacial score (nSPS) is 25.1. The molecule has 8 nitrogen and oxygen atoms in total. The molecule has 2 aromatic rings. The van der Waals surface area contributed by atoms with E-state index in [2.05, 4.69) is 10.6 Å². The molecule has 5 rings (SSSR count). The lowest BCUT2D eigenvalue weighted by atomic mass is 9.80. The van der Waals surface area contributed by atoms with Gasteiger partial charge in [-0.1, -0.05) is 12.1 Å². The monoisotopic (exact) mass is 438 g/mol. The summed E-state index contributed by atoms with van der Waals surface area (Å²) >= 11 is 1.59. The van der Waals surface area contributed by atoms with Crippen molar-refractivity contribution in [2.24, 2.45) is 0 Å². The van der Waals surface area contributed by atoms with E-state index in [0.717, 1.165) is 28.2 Å². The number of benzene rings is 1. The van der Waals surface area contributed by atoms with E-state index in [4.69, 9.17) is 0 Å². The highest BCUT2D eigenvalue weighted by Gasteiger charge is 2.55. The highest BCUT2D eigenvalue weighted by atomic mass is 32.1. The molecule has 3 heterocycles. The predicted octanol–water partition coefficient (Wildman–Crippen LogP) is 2.60. The fourth-order valence-electron chi connectivity index (χ4n) is 4.86. The Morgan fingerprint density at radius 1 is 1.23 bits per heavy atom. The highest BCUT2D eigenvalue weighted by molar-refractivity contribution is 7.10. The van der Waals surface area contributed by atoms with E-state index in [9.17, 15) is 19.2 Å². The van der Waals surface area contributed by atoms with Crippen molar-refractivity contribution >= 4 is 46.5 Å². The molecule has 1 aromatic heterocycles. The van der Waals surface area contributed by atoms with Crippen LogP contribution >= 0.6 is 11.3 Å². The van der Waals surface area contributed by atoms with Gasteiger partial charge in [-0.15, -0.1) is 11.3 Å². The number of fused-ring (bicyclic) bond motifs is 3. The number of para-hydroxylation sites is 2. The van der Waals surface area contributed by atoms with Crippen LogP contribution in [0.1, 0.15) is 36.6 Å². The van der Waals surface area contributed by atoms with E-state index in [1.54, 1.807) is 42.5 Å². The van der Waals surface area contributed by atoms with Crippen molar-refractivity contribution in [1.82, 2.24) is 10.2 Å². The van der Waals surface area contributed by atoms with Gasteiger partial charge in [-0.25, -0.2) is 4.79 Å². The molecule has 1 saturated heterocycles. The summed E-state index contributed by atoms with van der Waals surface area (Å²) in [6, 6.07) is 7.97. The van der Waals surface area contributed by atoms with Crippen LogP contribution in [0.5, 0.6) is 0 Å². The molecule has 31 heavy (non-hydrogen) atoms. The van der Waals surface area contributed by atoms with Crippen LogP contribution in [0.15, 0.2) is 35.7 Å². The van der Waals surface area contributed by atoms with Crippen molar-refractivity contribution < 1.29 is 19.2 Å². The number of thiophene rings is 1. The van der Waals surface area contributed by atoms with Crippen LogP contribution in [-0.4, -0.2) is 41.2 Å². The molecule has 0 saturated carbocycles. The third kappa shape index (κ3) is 3.03. The third-order valence-electron chi connectivity index (χ3n) is 6.26. The molecule has 0 unspecified atom stereocenters. The first-order valence-electron chi connectivity index (χ1n) is 10.3. The van der Waals surface area contributed by atoms with Gasteiger partial charge in [-0.2, -0.15) is 0 Å². The number of hydrogen-bond acceptors (Lipinski definition) is 5. The molecule has 1 aliphatic carbocycles. The molecule has 2 N–H and O–H groups in total. The molecule has 0 bridgehead atoms. The van der Waals surface area contributed by atoms with Gasteiger partial charge in [-0.3, -0.25) is 19.3 Å². The van der Waals surface area contributed by atoms with E-state index in [0.29, 0.717) is 17.8 Å². The maximum absolute atomic E-state index is 13.4. The van der Waals surface area contributed by atoms with Gasteiger partial charge in [0.1, 0.15) is 12.1 Å². The average molecular weight is 439 g/mol. The molecule has 9 heteroatoms. The van der Waals surface area contributed by atoms with Crippen molar-refractivity contribution in [3.8, 4) is 0 Å². The number of anilines is 2. The number of urea groups is 1. The van der Waals surface area contributed by atoms with Crippen LogP contribution < -0.4 is 15.5 Å². The standard InChI is InChI=1S/C22H22N4O4S/c1-13-11-18(27)23-15-5-2-3-6-16(15)26(13)19(28)12-25-20(29)22(24-21(25)30)9-4-7-17-14(22)8-10-31-17/h2-3,5-6,8,10,13H,4,7,9,11-12H2,1H3,(H,23,27)(H,24,30)/t13-,22-/m0/s1. The molecule has 1 aromatic carbocycles. The predicted molar refractivity (Wildman–Crippen MR) is 116 cm³/mol. The lowest BCUT2D eigenvalue weighted by Crippen LogP contribution is -2.48. The zero-order valence-electron chi connectivity index (χ0n) is 17.0. The Kier molecular flexibility index (Phi) is 4.58. The second-order valence-electron chi connectivity index (χ2n) is 8.22. The van der Waals surface area contributed by atoms with Gasteiger partial charge < -0.3 is 15.5 Å². The summed E-state index contributed by atoms with van der Waals surface area (Å²) in [6.45, 7) is 1.41. The van der Waals surface area contributed by atoms with E-state index in [-0.39, 0.29) is 24.8 Å². The Labute approximate surface area is 183 Å². The minimum absolute atomic E-state index is 0.128. The van der Waals surface area contributed by atoms with Gasteiger partial charge in [0, 0.05) is 22.9 Å². The maximum atomic E-state index is 13.4. The van der Waals surface area contributed by atoms with E-state index in [1.165, 1.54) is 4.90 Å². The number of aryl methyl sites for hydroxylation is 1. The zero-order chi connectivity index (χ0) is 21.8. The summed E-state index contributed by atoms with van der Waals surface area (Å²) in [6.07, 6.45) is 2.34. The topological polar surface area (TPSA) is 98.8 Å². The SMILES string of the molecule is C[C@H]1CC(=O)Nc2ccccc2N1C(=O)CN1C(=O)N[C@]2(CCCc3sccc32)C1=O. The number of nitrogens with one attached hydrogen (secondary N) is 2.